The molecule has 2 heteroatoms. The Morgan fingerprint density at radius 1 is 0.270 bits per heavy atom. The summed E-state index contributed by atoms with van der Waals surface area (Å²) in [6.07, 6.45) is 13.9. The standard InChI is InChI=1S/C87H66N2/c1-85(2)75-19-9-5-15-65(75)67-43-39-63(53-77(67)85)88-81-21-11-7-17-71(81)73-49-57(31-45-83(73)88)25-23-55-27-33-59(34-28-55)61-37-41-69-70-42-38-62(52-80(70)87(79(69)51-61)47-13-14-48-87)60-35-29-56(30-36-60)24-26-58-32-46-84-74(50-58)72-18-8-12-22-82(72)89(84)64-40-44-68-66-16-6-10-20-76(66)86(3,4)78(68)54-64/h5-12,15-46,49-54H,13-14,47-48H2,1-4H3. The first kappa shape index (κ1) is 51.9. The molecule has 89 heavy (non-hydrogen) atoms. The summed E-state index contributed by atoms with van der Waals surface area (Å²) in [6.45, 7) is 9.45. The van der Waals surface area contributed by atoms with Crippen LogP contribution >= 0.6 is 0 Å². The Kier molecular flexibility index (Phi) is 11.3. The molecule has 0 saturated heterocycles. The van der Waals surface area contributed by atoms with E-state index in [2.05, 4.69) is 316 Å². The van der Waals surface area contributed by atoms with Crippen molar-refractivity contribution in [2.45, 2.75) is 69.6 Å². The van der Waals surface area contributed by atoms with Gasteiger partial charge in [0.25, 0.3) is 0 Å². The molecule has 0 amide bonds. The van der Waals surface area contributed by atoms with Crippen LogP contribution in [0.25, 0.3) is 135 Å². The maximum absolute atomic E-state index is 2.53. The lowest BCUT2D eigenvalue weighted by molar-refractivity contribution is 0.550. The van der Waals surface area contributed by atoms with Gasteiger partial charge in [-0.3, -0.25) is 0 Å². The average Bonchev–Trinajstić information content (AvgIpc) is 1.66. The van der Waals surface area contributed by atoms with Gasteiger partial charge >= 0.3 is 0 Å². The maximum Gasteiger partial charge on any atom is 0.0541 e. The van der Waals surface area contributed by atoms with Gasteiger partial charge in [-0.2, -0.15) is 0 Å². The monoisotopic (exact) mass is 1140 g/mol. The molecule has 4 aliphatic carbocycles. The molecule has 0 N–H and O–H groups in total. The molecule has 2 aromatic heterocycles. The van der Waals surface area contributed by atoms with Crippen LogP contribution in [0.4, 0.5) is 0 Å². The first-order valence-electron chi connectivity index (χ1n) is 32.0. The van der Waals surface area contributed by atoms with Crippen LogP contribution in [-0.4, -0.2) is 9.13 Å². The van der Waals surface area contributed by atoms with E-state index >= 15 is 0 Å². The molecule has 0 bridgehead atoms. The summed E-state index contributed by atoms with van der Waals surface area (Å²) in [5.41, 5.74) is 33.9. The van der Waals surface area contributed by atoms with Gasteiger partial charge in [0.1, 0.15) is 0 Å². The third-order valence-electron chi connectivity index (χ3n) is 21.3. The fourth-order valence-electron chi connectivity index (χ4n) is 16.7. The van der Waals surface area contributed by atoms with Crippen molar-refractivity contribution in [2.24, 2.45) is 0 Å². The summed E-state index contributed by atoms with van der Waals surface area (Å²) in [7, 11) is 0. The first-order chi connectivity index (χ1) is 43.6. The molecule has 0 atom stereocenters. The van der Waals surface area contributed by atoms with Crippen molar-refractivity contribution in [3.63, 3.8) is 0 Å². The number of rotatable bonds is 8. The van der Waals surface area contributed by atoms with Crippen molar-refractivity contribution >= 4 is 67.9 Å². The summed E-state index contributed by atoms with van der Waals surface area (Å²) in [6, 6.07) is 96.5. The number of hydrogen-bond acceptors (Lipinski definition) is 0. The van der Waals surface area contributed by atoms with E-state index in [1.54, 1.807) is 0 Å². The second-order valence-electron chi connectivity index (χ2n) is 26.8. The fraction of sp³-hybridized carbons (Fsp3) is 0.126. The maximum atomic E-state index is 2.53. The highest BCUT2D eigenvalue weighted by Crippen LogP contribution is 2.58. The molecule has 4 aliphatic rings. The highest BCUT2D eigenvalue weighted by Gasteiger charge is 2.45. The highest BCUT2D eigenvalue weighted by atomic mass is 15.0. The first-order valence-corrected chi connectivity index (χ1v) is 32.0. The summed E-state index contributed by atoms with van der Waals surface area (Å²) in [4.78, 5) is 0. The Bertz CT molecular complexity index is 5020. The minimum Gasteiger partial charge on any atom is -0.309 e. The van der Waals surface area contributed by atoms with Crippen molar-refractivity contribution < 1.29 is 0 Å². The average molecular weight is 1140 g/mol. The fourth-order valence-corrected chi connectivity index (χ4v) is 16.7. The SMILES string of the molecule is CC1(C)c2ccccc2-c2ccc(-n3c4ccccc4c4cc(C=Cc5ccc(-c6ccc7c(c6)C6(CCCC6)c6cc(-c8ccc(C=Cc9ccc%10c(c9)c9ccccc9n%10-c9ccc%10c(c9)C(C)(C)c9ccccc9-%10)cc8)ccc6-7)cc5)ccc43)cc21. The van der Waals surface area contributed by atoms with Crippen molar-refractivity contribution in [3.8, 4) is 67.0 Å². The number of para-hydroxylation sites is 2. The van der Waals surface area contributed by atoms with Crippen LogP contribution in [0.1, 0.15) is 109 Å². The van der Waals surface area contributed by atoms with Gasteiger partial charge in [0.05, 0.1) is 22.1 Å². The lowest BCUT2D eigenvalue weighted by Crippen LogP contribution is -2.20. The predicted octanol–water partition coefficient (Wildman–Crippen LogP) is 23.0. The third kappa shape index (κ3) is 7.82. The second kappa shape index (κ2) is 19.4. The molecule has 14 aromatic rings. The Balaban J connectivity index is 0.585. The third-order valence-corrected chi connectivity index (χ3v) is 21.3. The molecular weight excluding hydrogens is 1070 g/mol. The quantitative estimate of drug-likeness (QED) is 0.134. The molecule has 2 nitrogen and oxygen atoms in total. The van der Waals surface area contributed by atoms with Crippen LogP contribution in [-0.2, 0) is 16.2 Å². The molecular formula is C87H66N2. The van der Waals surface area contributed by atoms with E-state index in [-0.39, 0.29) is 16.2 Å². The molecule has 0 radical (unpaired) electrons. The number of fused-ring (bicyclic) bond motifs is 17. The minimum absolute atomic E-state index is 0.0398. The zero-order chi connectivity index (χ0) is 59.3. The number of benzene rings is 12. The van der Waals surface area contributed by atoms with Crippen LogP contribution in [0.5, 0.6) is 0 Å². The number of aromatic nitrogens is 2. The number of nitrogens with zero attached hydrogens (tertiary/aromatic N) is 2. The van der Waals surface area contributed by atoms with Crippen LogP contribution in [0.2, 0.25) is 0 Å². The van der Waals surface area contributed by atoms with E-state index in [4.69, 9.17) is 0 Å². The Labute approximate surface area is 521 Å². The molecule has 12 aromatic carbocycles. The van der Waals surface area contributed by atoms with Gasteiger partial charge in [-0.1, -0.05) is 247 Å². The van der Waals surface area contributed by atoms with E-state index < -0.39 is 0 Å². The van der Waals surface area contributed by atoms with Gasteiger partial charge in [-0.05, 0) is 197 Å². The van der Waals surface area contributed by atoms with Gasteiger partial charge in [-0.15, -0.1) is 0 Å². The number of hydrogen-bond donors (Lipinski definition) is 0. The van der Waals surface area contributed by atoms with Gasteiger partial charge in [-0.25, -0.2) is 0 Å². The van der Waals surface area contributed by atoms with Gasteiger partial charge < -0.3 is 9.13 Å². The molecule has 1 saturated carbocycles. The van der Waals surface area contributed by atoms with Crippen molar-refractivity contribution in [1.82, 2.24) is 9.13 Å². The topological polar surface area (TPSA) is 9.86 Å². The summed E-state index contributed by atoms with van der Waals surface area (Å²) in [5, 5.41) is 5.07. The zero-order valence-corrected chi connectivity index (χ0v) is 50.8. The van der Waals surface area contributed by atoms with Gasteiger partial charge in [0, 0.05) is 49.2 Å². The van der Waals surface area contributed by atoms with Crippen LogP contribution in [0.3, 0.4) is 0 Å². The Morgan fingerprint density at radius 2 is 0.618 bits per heavy atom. The lowest BCUT2D eigenvalue weighted by Gasteiger charge is -2.27. The molecule has 2 heterocycles. The largest absolute Gasteiger partial charge is 0.309 e. The zero-order valence-electron chi connectivity index (χ0n) is 50.8. The van der Waals surface area contributed by atoms with Gasteiger partial charge in [0.2, 0.25) is 0 Å². The molecule has 0 unspecified atom stereocenters. The summed E-state index contributed by atoms with van der Waals surface area (Å²) in [5.74, 6) is 0. The Morgan fingerprint density at radius 3 is 1.08 bits per heavy atom. The van der Waals surface area contributed by atoms with Crippen molar-refractivity contribution in [2.75, 3.05) is 0 Å². The van der Waals surface area contributed by atoms with Crippen LogP contribution < -0.4 is 0 Å². The molecule has 0 aliphatic heterocycles. The normalized spacial score (nSPS) is 15.4. The molecule has 18 rings (SSSR count). The molecule has 1 spiro atoms. The smallest absolute Gasteiger partial charge is 0.0541 e. The molecule has 424 valence electrons. The van der Waals surface area contributed by atoms with E-state index in [1.807, 2.05) is 0 Å². The Hall–Kier alpha value is -10.3. The summed E-state index contributed by atoms with van der Waals surface area (Å²) < 4.78 is 4.91. The predicted molar refractivity (Wildman–Crippen MR) is 377 cm³/mol. The van der Waals surface area contributed by atoms with E-state index in [0.717, 1.165) is 0 Å². The van der Waals surface area contributed by atoms with Crippen molar-refractivity contribution in [1.29, 1.82) is 0 Å². The van der Waals surface area contributed by atoms with Crippen LogP contribution in [0, 0.1) is 0 Å². The molecule has 1 fully saturated rings. The minimum atomic E-state index is -0.0607. The second-order valence-corrected chi connectivity index (χ2v) is 26.8. The van der Waals surface area contributed by atoms with Gasteiger partial charge in [0.15, 0.2) is 0 Å². The lowest BCUT2D eigenvalue weighted by atomic mass is 9.75. The van der Waals surface area contributed by atoms with Crippen molar-refractivity contribution in [3.05, 3.63) is 310 Å². The van der Waals surface area contributed by atoms with E-state index in [9.17, 15) is 0 Å². The summed E-state index contributed by atoms with van der Waals surface area (Å²) >= 11 is 0. The highest BCUT2D eigenvalue weighted by molar-refractivity contribution is 6.11. The van der Waals surface area contributed by atoms with Crippen LogP contribution in [0.15, 0.2) is 255 Å². The van der Waals surface area contributed by atoms with E-state index in [0.29, 0.717) is 0 Å². The van der Waals surface area contributed by atoms with E-state index in [1.165, 1.54) is 192 Å².